The van der Waals surface area contributed by atoms with Crippen LogP contribution in [-0.4, -0.2) is 10.5 Å². The maximum absolute atomic E-state index is 11.5. The van der Waals surface area contributed by atoms with Crippen molar-refractivity contribution in [3.05, 3.63) is 17.9 Å². The molecule has 1 aliphatic rings. The van der Waals surface area contributed by atoms with Gasteiger partial charge in [-0.1, -0.05) is 0 Å². The molecule has 0 N–H and O–H groups in total. The molecule has 59 valence electrons. The van der Waals surface area contributed by atoms with Crippen LogP contribution in [0.2, 0.25) is 0 Å². The number of ketones is 1. The standard InChI is InChI=1S/C8H9O2S/c1-8(2)6(9)5-3-4-10-7(5)11-8/h3-4,11H,1-2H3. The van der Waals surface area contributed by atoms with Gasteiger partial charge in [0.25, 0.3) is 0 Å². The molecule has 1 radical (unpaired) electrons. The number of carbonyl (C=O) groups is 1. The van der Waals surface area contributed by atoms with Gasteiger partial charge in [-0.3, -0.25) is 4.79 Å². The van der Waals surface area contributed by atoms with Crippen molar-refractivity contribution < 1.29 is 9.21 Å². The van der Waals surface area contributed by atoms with Gasteiger partial charge in [0.15, 0.2) is 10.9 Å². The summed E-state index contributed by atoms with van der Waals surface area (Å²) in [5, 5.41) is 0.819. The SMILES string of the molecule is CC1(C)[SH]c2occc2C1=O. The van der Waals surface area contributed by atoms with Gasteiger partial charge in [0.1, 0.15) is 0 Å². The van der Waals surface area contributed by atoms with E-state index in [2.05, 4.69) is 0 Å². The largest absolute Gasteiger partial charge is 0.458 e. The predicted molar refractivity (Wildman–Crippen MR) is 44.4 cm³/mol. The number of Topliss-reactive ketones (excluding diaryl/α,β-unsaturated/α-hetero) is 1. The van der Waals surface area contributed by atoms with Crippen LogP contribution in [0.4, 0.5) is 0 Å². The highest BCUT2D eigenvalue weighted by molar-refractivity contribution is 8.01. The smallest absolute Gasteiger partial charge is 0.182 e. The van der Waals surface area contributed by atoms with Gasteiger partial charge in [-0.2, -0.15) is 0 Å². The molecule has 2 heterocycles. The Morgan fingerprint density at radius 1 is 1.55 bits per heavy atom. The first-order valence-electron chi connectivity index (χ1n) is 3.46. The molecule has 3 heteroatoms. The van der Waals surface area contributed by atoms with Crippen LogP contribution in [-0.2, 0) is 0 Å². The van der Waals surface area contributed by atoms with E-state index in [1.54, 1.807) is 12.3 Å². The highest BCUT2D eigenvalue weighted by Crippen LogP contribution is 2.44. The number of hydrogen-bond acceptors (Lipinski definition) is 2. The highest BCUT2D eigenvalue weighted by Gasteiger charge is 2.39. The van der Waals surface area contributed by atoms with Crippen LogP contribution in [0.5, 0.6) is 0 Å². The number of thiol groups is 1. The average molecular weight is 169 g/mol. The molecule has 1 aromatic heterocycles. The van der Waals surface area contributed by atoms with Crippen molar-refractivity contribution in [1.29, 1.82) is 0 Å². The van der Waals surface area contributed by atoms with Crippen molar-refractivity contribution in [1.82, 2.24) is 0 Å². The van der Waals surface area contributed by atoms with E-state index in [1.165, 1.54) is 0 Å². The van der Waals surface area contributed by atoms with E-state index in [9.17, 15) is 4.79 Å². The molecule has 2 rings (SSSR count). The molecular formula is C8H9O2S. The number of furan rings is 1. The third-order valence-corrected chi connectivity index (χ3v) is 3.14. The Kier molecular flexibility index (Phi) is 1.21. The molecular weight excluding hydrogens is 160 g/mol. The van der Waals surface area contributed by atoms with Gasteiger partial charge in [-0.15, -0.1) is 11.8 Å². The Bertz CT molecular complexity index is 312. The number of hydrogen-bond donors (Lipinski definition) is 1. The molecule has 1 aromatic rings. The number of carbonyl (C=O) groups excluding carboxylic acids is 1. The summed E-state index contributed by atoms with van der Waals surface area (Å²) >= 11 is 0.993. The zero-order valence-electron chi connectivity index (χ0n) is 6.42. The van der Waals surface area contributed by atoms with Crippen molar-refractivity contribution >= 4 is 17.5 Å². The Balaban J connectivity index is 2.54. The maximum Gasteiger partial charge on any atom is 0.182 e. The van der Waals surface area contributed by atoms with Gasteiger partial charge in [0.05, 0.1) is 16.6 Å². The summed E-state index contributed by atoms with van der Waals surface area (Å²) in [5.74, 6) is 0.197. The van der Waals surface area contributed by atoms with Crippen molar-refractivity contribution in [3.8, 4) is 0 Å². The monoisotopic (exact) mass is 169 g/mol. The third kappa shape index (κ3) is 0.839. The second-order valence-corrected chi connectivity index (χ2v) is 4.89. The van der Waals surface area contributed by atoms with Gasteiger partial charge < -0.3 is 4.42 Å². The fraction of sp³-hybridized carbons (Fsp3) is 0.375. The van der Waals surface area contributed by atoms with Crippen LogP contribution < -0.4 is 0 Å². The fourth-order valence-electron chi connectivity index (χ4n) is 1.19. The summed E-state index contributed by atoms with van der Waals surface area (Å²) in [7, 11) is 0. The molecule has 0 unspecified atom stereocenters. The van der Waals surface area contributed by atoms with E-state index >= 15 is 0 Å². The molecule has 0 fully saturated rings. The van der Waals surface area contributed by atoms with Crippen molar-refractivity contribution in [3.63, 3.8) is 0 Å². The summed E-state index contributed by atoms with van der Waals surface area (Å²) in [5.41, 5.74) is 0.761. The van der Waals surface area contributed by atoms with Crippen LogP contribution in [0.1, 0.15) is 24.2 Å². The van der Waals surface area contributed by atoms with E-state index in [0.717, 1.165) is 22.4 Å². The van der Waals surface area contributed by atoms with Crippen molar-refractivity contribution in [2.24, 2.45) is 0 Å². The minimum atomic E-state index is -0.268. The lowest BCUT2D eigenvalue weighted by Crippen LogP contribution is -2.21. The van der Waals surface area contributed by atoms with Crippen LogP contribution in [0, 0.1) is 0 Å². The zero-order valence-corrected chi connectivity index (χ0v) is 7.31. The lowest BCUT2D eigenvalue weighted by atomic mass is 10.0. The van der Waals surface area contributed by atoms with E-state index in [4.69, 9.17) is 4.42 Å². The van der Waals surface area contributed by atoms with E-state index in [-0.39, 0.29) is 10.5 Å². The minimum Gasteiger partial charge on any atom is -0.458 e. The average Bonchev–Trinajstić information content (AvgIpc) is 2.39. The first-order valence-corrected chi connectivity index (χ1v) is 4.36. The molecule has 2 nitrogen and oxygen atoms in total. The lowest BCUT2D eigenvalue weighted by molar-refractivity contribution is 0.0960. The first kappa shape index (κ1) is 6.98. The Labute approximate surface area is 69.0 Å². The fourth-order valence-corrected chi connectivity index (χ4v) is 2.33. The second kappa shape index (κ2) is 1.91. The molecule has 0 saturated heterocycles. The first-order chi connectivity index (χ1) is 5.11. The summed E-state index contributed by atoms with van der Waals surface area (Å²) in [4.78, 5) is 11.5. The molecule has 0 saturated carbocycles. The van der Waals surface area contributed by atoms with Crippen LogP contribution in [0.3, 0.4) is 0 Å². The summed E-state index contributed by atoms with van der Waals surface area (Å²) in [6.07, 6.45) is 1.57. The summed E-state index contributed by atoms with van der Waals surface area (Å²) in [6.45, 7) is 3.87. The quantitative estimate of drug-likeness (QED) is 0.603. The van der Waals surface area contributed by atoms with Gasteiger partial charge in [0.2, 0.25) is 0 Å². The van der Waals surface area contributed by atoms with E-state index in [0.29, 0.717) is 0 Å². The van der Waals surface area contributed by atoms with Gasteiger partial charge in [0, 0.05) is 0 Å². The zero-order chi connectivity index (χ0) is 8.06. The van der Waals surface area contributed by atoms with E-state index in [1.807, 2.05) is 13.8 Å². The number of fused-ring (bicyclic) bond motifs is 1. The van der Waals surface area contributed by atoms with E-state index < -0.39 is 0 Å². The van der Waals surface area contributed by atoms with Gasteiger partial charge in [-0.25, -0.2) is 0 Å². The molecule has 0 bridgehead atoms. The second-order valence-electron chi connectivity index (χ2n) is 3.14. The third-order valence-electron chi connectivity index (χ3n) is 1.83. The summed E-state index contributed by atoms with van der Waals surface area (Å²) < 4.78 is 4.88. The van der Waals surface area contributed by atoms with Gasteiger partial charge >= 0.3 is 0 Å². The van der Waals surface area contributed by atoms with Crippen molar-refractivity contribution in [2.75, 3.05) is 0 Å². The summed E-state index contributed by atoms with van der Waals surface area (Å²) in [6, 6.07) is 1.75. The predicted octanol–water partition coefficient (Wildman–Crippen LogP) is 2.08. The van der Waals surface area contributed by atoms with Crippen LogP contribution in [0.15, 0.2) is 21.8 Å². The number of rotatable bonds is 0. The molecule has 0 spiro atoms. The molecule has 1 aliphatic heterocycles. The van der Waals surface area contributed by atoms with Crippen LogP contribution in [0.25, 0.3) is 0 Å². The Hall–Kier alpha value is -0.700. The normalized spacial score (nSPS) is 20.4. The molecule has 0 atom stereocenters. The lowest BCUT2D eigenvalue weighted by Gasteiger charge is -2.13. The molecule has 0 aliphatic carbocycles. The molecule has 0 amide bonds. The topological polar surface area (TPSA) is 30.2 Å². The maximum atomic E-state index is 11.5. The molecule has 0 aromatic carbocycles. The molecule has 11 heavy (non-hydrogen) atoms. The Morgan fingerprint density at radius 3 is 2.91 bits per heavy atom. The Morgan fingerprint density at radius 2 is 2.27 bits per heavy atom. The van der Waals surface area contributed by atoms with Crippen molar-refractivity contribution in [2.45, 2.75) is 23.7 Å². The van der Waals surface area contributed by atoms with Crippen LogP contribution >= 0.6 is 11.8 Å². The van der Waals surface area contributed by atoms with Gasteiger partial charge in [-0.05, 0) is 19.9 Å². The highest BCUT2D eigenvalue weighted by atomic mass is 32.2. The minimum absolute atomic E-state index is 0.197.